The summed E-state index contributed by atoms with van der Waals surface area (Å²) in [6.07, 6.45) is 6.04. The third kappa shape index (κ3) is 3.61. The maximum absolute atomic E-state index is 13.4. The zero-order valence-corrected chi connectivity index (χ0v) is 16.8. The normalized spacial score (nSPS) is 24.2. The molecule has 0 N–H and O–H groups in total. The van der Waals surface area contributed by atoms with E-state index >= 15 is 0 Å². The largest absolute Gasteiger partial charge is 0.243 e. The molecular formula is C23H27NO2S. The summed E-state index contributed by atoms with van der Waals surface area (Å²) in [6, 6.07) is 16.8. The Bertz CT molecular complexity index is 920. The second-order valence-corrected chi connectivity index (χ2v) is 9.71. The van der Waals surface area contributed by atoms with E-state index in [0.29, 0.717) is 11.4 Å². The monoisotopic (exact) mass is 381 g/mol. The number of hydrogen-bond acceptors (Lipinski definition) is 2. The average Bonchev–Trinajstić information content (AvgIpc) is 3.10. The van der Waals surface area contributed by atoms with E-state index in [-0.39, 0.29) is 6.04 Å². The predicted molar refractivity (Wildman–Crippen MR) is 109 cm³/mol. The number of benzene rings is 2. The van der Waals surface area contributed by atoms with Crippen LogP contribution in [0.1, 0.15) is 43.4 Å². The van der Waals surface area contributed by atoms with Crippen molar-refractivity contribution in [3.8, 4) is 0 Å². The molecule has 4 rings (SSSR count). The van der Waals surface area contributed by atoms with E-state index in [4.69, 9.17) is 0 Å². The van der Waals surface area contributed by atoms with E-state index in [0.717, 1.165) is 23.0 Å². The highest BCUT2D eigenvalue weighted by Crippen LogP contribution is 2.57. The molecule has 3 nitrogen and oxygen atoms in total. The van der Waals surface area contributed by atoms with Gasteiger partial charge in [0.1, 0.15) is 0 Å². The Kier molecular flexibility index (Phi) is 4.95. The lowest BCUT2D eigenvalue weighted by Gasteiger charge is -2.28. The fourth-order valence-electron chi connectivity index (χ4n) is 4.40. The number of hydrogen-bond donors (Lipinski definition) is 0. The fraction of sp³-hybridized carbons (Fsp3) is 0.391. The number of fused-ring (bicyclic) bond motifs is 1. The van der Waals surface area contributed by atoms with Crippen LogP contribution >= 0.6 is 0 Å². The molecule has 3 atom stereocenters. The molecule has 0 radical (unpaired) electrons. The lowest BCUT2D eigenvalue weighted by Crippen LogP contribution is -2.34. The van der Waals surface area contributed by atoms with Crippen molar-refractivity contribution in [1.82, 2.24) is 4.31 Å². The SMILES string of the molecule is Cc1ccc(S(=O)(=O)N(CC=C2[C@H]3CCC[C@@H]23)[C@H](C)c2ccccc2)cc1. The van der Waals surface area contributed by atoms with Gasteiger partial charge in [-0.05, 0) is 56.2 Å². The van der Waals surface area contributed by atoms with Crippen LogP contribution in [0.4, 0.5) is 0 Å². The molecule has 27 heavy (non-hydrogen) atoms. The second kappa shape index (κ2) is 7.25. The summed E-state index contributed by atoms with van der Waals surface area (Å²) in [5.74, 6) is 1.45. The number of aryl methyl sites for hydroxylation is 1. The van der Waals surface area contributed by atoms with Gasteiger partial charge in [0.05, 0.1) is 4.90 Å². The maximum Gasteiger partial charge on any atom is 0.243 e. The van der Waals surface area contributed by atoms with Gasteiger partial charge in [-0.15, -0.1) is 0 Å². The van der Waals surface area contributed by atoms with Crippen LogP contribution in [0.5, 0.6) is 0 Å². The first-order chi connectivity index (χ1) is 13.0. The molecule has 0 heterocycles. The summed E-state index contributed by atoms with van der Waals surface area (Å²) in [7, 11) is -3.57. The van der Waals surface area contributed by atoms with E-state index in [2.05, 4.69) is 6.08 Å². The number of allylic oxidation sites excluding steroid dienone is 1. The summed E-state index contributed by atoms with van der Waals surface area (Å²) < 4.78 is 28.5. The van der Waals surface area contributed by atoms with Gasteiger partial charge in [-0.2, -0.15) is 4.31 Å². The summed E-state index contributed by atoms with van der Waals surface area (Å²) >= 11 is 0. The highest BCUT2D eigenvalue weighted by Gasteiger charge is 2.46. The number of sulfonamides is 1. The molecule has 2 saturated carbocycles. The standard InChI is InChI=1S/C23H27NO2S/c1-17-11-13-20(14-12-17)27(25,26)24(18(2)19-7-4-3-5-8-19)16-15-23-21-9-6-10-22(21)23/h3-5,7-8,11-15,18,21-22H,6,9-10,16H2,1-2H3/t18-,21-,22+/m1/s1. The molecule has 0 aliphatic heterocycles. The third-order valence-electron chi connectivity index (χ3n) is 6.11. The lowest BCUT2D eigenvalue weighted by atomic mass is 10.1. The Morgan fingerprint density at radius 2 is 1.67 bits per heavy atom. The van der Waals surface area contributed by atoms with Gasteiger partial charge in [-0.3, -0.25) is 0 Å². The molecule has 0 aromatic heterocycles. The van der Waals surface area contributed by atoms with Gasteiger partial charge in [-0.25, -0.2) is 8.42 Å². The Balaban J connectivity index is 1.65. The lowest BCUT2D eigenvalue weighted by molar-refractivity contribution is 0.370. The highest BCUT2D eigenvalue weighted by atomic mass is 32.2. The van der Waals surface area contributed by atoms with Crippen LogP contribution in [0.2, 0.25) is 0 Å². The van der Waals surface area contributed by atoms with Crippen molar-refractivity contribution in [2.45, 2.75) is 44.0 Å². The zero-order chi connectivity index (χ0) is 19.0. The molecule has 2 fully saturated rings. The number of rotatable bonds is 6. The first-order valence-corrected chi connectivity index (χ1v) is 11.3. The van der Waals surface area contributed by atoms with Crippen molar-refractivity contribution in [3.05, 3.63) is 77.4 Å². The quantitative estimate of drug-likeness (QED) is 0.653. The topological polar surface area (TPSA) is 37.4 Å². The van der Waals surface area contributed by atoms with Gasteiger partial charge in [0, 0.05) is 12.6 Å². The first kappa shape index (κ1) is 18.5. The van der Waals surface area contributed by atoms with E-state index in [1.807, 2.05) is 56.3 Å². The molecule has 0 bridgehead atoms. The van der Waals surface area contributed by atoms with E-state index in [1.54, 1.807) is 16.4 Å². The minimum Gasteiger partial charge on any atom is -0.207 e. The van der Waals surface area contributed by atoms with Gasteiger partial charge in [0.15, 0.2) is 0 Å². The van der Waals surface area contributed by atoms with Crippen molar-refractivity contribution < 1.29 is 8.42 Å². The van der Waals surface area contributed by atoms with Crippen molar-refractivity contribution in [2.24, 2.45) is 11.8 Å². The van der Waals surface area contributed by atoms with Crippen LogP contribution in [0.3, 0.4) is 0 Å². The van der Waals surface area contributed by atoms with Crippen LogP contribution in [0, 0.1) is 18.8 Å². The minimum absolute atomic E-state index is 0.215. The minimum atomic E-state index is -3.57. The van der Waals surface area contributed by atoms with Gasteiger partial charge in [-0.1, -0.05) is 66.1 Å². The van der Waals surface area contributed by atoms with Crippen LogP contribution in [-0.4, -0.2) is 19.3 Å². The summed E-state index contributed by atoms with van der Waals surface area (Å²) in [4.78, 5) is 0.366. The molecule has 0 saturated heterocycles. The second-order valence-electron chi connectivity index (χ2n) is 7.82. The van der Waals surface area contributed by atoms with Crippen molar-refractivity contribution >= 4 is 10.0 Å². The summed E-state index contributed by atoms with van der Waals surface area (Å²) in [6.45, 7) is 4.39. The summed E-state index contributed by atoms with van der Waals surface area (Å²) in [5, 5.41) is 0. The average molecular weight is 382 g/mol. The maximum atomic E-state index is 13.4. The molecule has 4 heteroatoms. The number of nitrogens with zero attached hydrogens (tertiary/aromatic N) is 1. The molecule has 0 spiro atoms. The van der Waals surface area contributed by atoms with Crippen LogP contribution in [-0.2, 0) is 10.0 Å². The third-order valence-corrected chi connectivity index (χ3v) is 8.06. The highest BCUT2D eigenvalue weighted by molar-refractivity contribution is 7.89. The van der Waals surface area contributed by atoms with Crippen molar-refractivity contribution in [1.29, 1.82) is 0 Å². The molecule has 142 valence electrons. The van der Waals surface area contributed by atoms with Gasteiger partial charge in [0.25, 0.3) is 0 Å². The Morgan fingerprint density at radius 3 is 2.30 bits per heavy atom. The Labute approximate surface area is 162 Å². The predicted octanol–water partition coefficient (Wildman–Crippen LogP) is 5.10. The Morgan fingerprint density at radius 1 is 1.04 bits per heavy atom. The van der Waals surface area contributed by atoms with E-state index in [9.17, 15) is 8.42 Å². The van der Waals surface area contributed by atoms with Gasteiger partial charge < -0.3 is 0 Å². The van der Waals surface area contributed by atoms with Crippen molar-refractivity contribution in [3.63, 3.8) is 0 Å². The smallest absolute Gasteiger partial charge is 0.207 e. The van der Waals surface area contributed by atoms with Gasteiger partial charge >= 0.3 is 0 Å². The summed E-state index contributed by atoms with van der Waals surface area (Å²) in [5.41, 5.74) is 3.55. The van der Waals surface area contributed by atoms with E-state index in [1.165, 1.54) is 24.8 Å². The first-order valence-electron chi connectivity index (χ1n) is 9.82. The molecule has 2 aliphatic carbocycles. The molecule has 2 aromatic rings. The van der Waals surface area contributed by atoms with Gasteiger partial charge in [0.2, 0.25) is 10.0 Å². The fourth-order valence-corrected chi connectivity index (χ4v) is 5.96. The Hall–Kier alpha value is -1.91. The van der Waals surface area contributed by atoms with Crippen LogP contribution < -0.4 is 0 Å². The molecule has 0 unspecified atom stereocenters. The van der Waals surface area contributed by atoms with Crippen molar-refractivity contribution in [2.75, 3.05) is 6.54 Å². The molecule has 2 aliphatic rings. The molecular weight excluding hydrogens is 354 g/mol. The van der Waals surface area contributed by atoms with E-state index < -0.39 is 10.0 Å². The zero-order valence-electron chi connectivity index (χ0n) is 16.0. The van der Waals surface area contributed by atoms with Crippen LogP contribution in [0.15, 0.2) is 71.1 Å². The van der Waals surface area contributed by atoms with Crippen LogP contribution in [0.25, 0.3) is 0 Å². The molecule has 2 aromatic carbocycles. The molecule has 0 amide bonds.